The maximum Gasteiger partial charge on any atom is 0.357 e. The van der Waals surface area contributed by atoms with Crippen LogP contribution in [0.15, 0.2) is 54.7 Å². The number of methoxy groups -OCH3 is 1. The number of nitrogen functional groups attached to an aromatic ring is 1. The number of nitrogens with zero attached hydrogens (tertiary/aromatic N) is 2. The number of aromatic nitrogens is 1. The Morgan fingerprint density at radius 2 is 1.81 bits per heavy atom. The Hall–Kier alpha value is -3.92. The lowest BCUT2D eigenvalue weighted by Crippen LogP contribution is -2.14. The highest BCUT2D eigenvalue weighted by Crippen LogP contribution is 2.27. The van der Waals surface area contributed by atoms with E-state index >= 15 is 0 Å². The summed E-state index contributed by atoms with van der Waals surface area (Å²) in [5.74, 6) is -1.56. The van der Waals surface area contributed by atoms with Crippen LogP contribution in [0, 0.1) is 17.1 Å². The van der Waals surface area contributed by atoms with Gasteiger partial charge in [-0.15, -0.1) is 0 Å². The van der Waals surface area contributed by atoms with Crippen LogP contribution in [0.2, 0.25) is 0 Å². The summed E-state index contributed by atoms with van der Waals surface area (Å²) in [5.41, 5.74) is 6.80. The second-order valence-electron chi connectivity index (χ2n) is 5.63. The number of ketones is 1. The van der Waals surface area contributed by atoms with Crippen molar-refractivity contribution in [3.05, 3.63) is 82.9 Å². The van der Waals surface area contributed by atoms with Crippen molar-refractivity contribution in [2.75, 3.05) is 12.8 Å². The average molecular weight is 363 g/mol. The minimum absolute atomic E-state index is 0.0339. The van der Waals surface area contributed by atoms with Gasteiger partial charge in [-0.3, -0.25) is 4.79 Å². The van der Waals surface area contributed by atoms with E-state index in [4.69, 9.17) is 10.5 Å². The van der Waals surface area contributed by atoms with Gasteiger partial charge in [0, 0.05) is 17.3 Å². The lowest BCUT2D eigenvalue weighted by Gasteiger charge is -2.13. The normalized spacial score (nSPS) is 10.3. The molecule has 0 aliphatic rings. The number of nitriles is 1. The van der Waals surface area contributed by atoms with Gasteiger partial charge in [0.2, 0.25) is 0 Å². The van der Waals surface area contributed by atoms with Gasteiger partial charge in [0.25, 0.3) is 0 Å². The van der Waals surface area contributed by atoms with Crippen LogP contribution in [0.5, 0.6) is 0 Å². The Balaban J connectivity index is 2.21. The van der Waals surface area contributed by atoms with Crippen molar-refractivity contribution in [1.82, 2.24) is 4.57 Å². The fraction of sp³-hybridized carbons (Fsp3) is 0.0500. The maximum absolute atomic E-state index is 13.2. The third-order valence-corrected chi connectivity index (χ3v) is 4.06. The molecule has 2 aromatic carbocycles. The number of halogens is 1. The molecule has 0 unspecified atom stereocenters. The third-order valence-electron chi connectivity index (χ3n) is 4.06. The smallest absolute Gasteiger partial charge is 0.357 e. The molecule has 0 atom stereocenters. The van der Waals surface area contributed by atoms with Crippen LogP contribution >= 0.6 is 0 Å². The highest BCUT2D eigenvalue weighted by molar-refractivity contribution is 6.11. The van der Waals surface area contributed by atoms with Crippen molar-refractivity contribution in [3.8, 4) is 11.8 Å². The summed E-state index contributed by atoms with van der Waals surface area (Å²) in [7, 11) is 1.20. The molecule has 3 aromatic rings. The van der Waals surface area contributed by atoms with Crippen molar-refractivity contribution in [2.24, 2.45) is 0 Å². The molecule has 3 rings (SSSR count). The summed E-state index contributed by atoms with van der Waals surface area (Å²) >= 11 is 0. The van der Waals surface area contributed by atoms with Crippen LogP contribution in [-0.4, -0.2) is 23.4 Å². The number of benzene rings is 2. The van der Waals surface area contributed by atoms with E-state index in [1.165, 1.54) is 42.1 Å². The van der Waals surface area contributed by atoms with Gasteiger partial charge in [-0.05, 0) is 36.4 Å². The molecule has 0 spiro atoms. The number of rotatable bonds is 4. The van der Waals surface area contributed by atoms with Crippen molar-refractivity contribution in [1.29, 1.82) is 5.26 Å². The number of anilines is 1. The quantitative estimate of drug-likeness (QED) is 0.567. The summed E-state index contributed by atoms with van der Waals surface area (Å²) in [4.78, 5) is 25.1. The minimum Gasteiger partial charge on any atom is -0.464 e. The molecule has 0 saturated heterocycles. The molecule has 2 N–H and O–H groups in total. The van der Waals surface area contributed by atoms with Crippen LogP contribution in [0.3, 0.4) is 0 Å². The molecule has 0 saturated carbocycles. The fourth-order valence-electron chi connectivity index (χ4n) is 2.74. The number of carbonyl (C=O) groups excluding carboxylic acids is 2. The van der Waals surface area contributed by atoms with Crippen LogP contribution in [-0.2, 0) is 4.74 Å². The minimum atomic E-state index is -0.738. The van der Waals surface area contributed by atoms with Gasteiger partial charge in [0.15, 0.2) is 11.5 Å². The van der Waals surface area contributed by atoms with Gasteiger partial charge in [-0.2, -0.15) is 5.26 Å². The maximum atomic E-state index is 13.2. The van der Waals surface area contributed by atoms with Crippen molar-refractivity contribution < 1.29 is 18.7 Å². The van der Waals surface area contributed by atoms with E-state index in [0.29, 0.717) is 5.69 Å². The predicted octanol–water partition coefficient (Wildman–Crippen LogP) is 3.09. The molecule has 7 heteroatoms. The largest absolute Gasteiger partial charge is 0.464 e. The summed E-state index contributed by atoms with van der Waals surface area (Å²) in [6.07, 6.45) is 1.37. The number of para-hydroxylation sites is 1. The van der Waals surface area contributed by atoms with Gasteiger partial charge >= 0.3 is 5.97 Å². The topological polar surface area (TPSA) is 98.1 Å². The van der Waals surface area contributed by atoms with Gasteiger partial charge < -0.3 is 15.0 Å². The Morgan fingerprint density at radius 1 is 1.15 bits per heavy atom. The molecular weight excluding hydrogens is 349 g/mol. The molecule has 6 nitrogen and oxygen atoms in total. The molecule has 0 aliphatic carbocycles. The fourth-order valence-corrected chi connectivity index (χ4v) is 2.74. The average Bonchev–Trinajstić information content (AvgIpc) is 3.03. The lowest BCUT2D eigenvalue weighted by atomic mass is 10.0. The van der Waals surface area contributed by atoms with E-state index < -0.39 is 11.8 Å². The Morgan fingerprint density at radius 3 is 2.44 bits per heavy atom. The van der Waals surface area contributed by atoms with E-state index in [2.05, 4.69) is 0 Å². The van der Waals surface area contributed by atoms with E-state index in [0.717, 1.165) is 0 Å². The molecule has 0 radical (unpaired) electrons. The number of nitrogens with two attached hydrogens (primary N) is 1. The van der Waals surface area contributed by atoms with Crippen LogP contribution in [0.1, 0.15) is 32.0 Å². The zero-order valence-corrected chi connectivity index (χ0v) is 14.3. The van der Waals surface area contributed by atoms with Crippen molar-refractivity contribution in [3.63, 3.8) is 0 Å². The first-order chi connectivity index (χ1) is 13.0. The second kappa shape index (κ2) is 7.14. The first-order valence-corrected chi connectivity index (χ1v) is 7.86. The zero-order valence-electron chi connectivity index (χ0n) is 14.3. The SMILES string of the molecule is COC(=O)c1c(N)c(C#N)cn1-c1ccccc1C(=O)c1ccc(F)cc1. The monoisotopic (exact) mass is 363 g/mol. The van der Waals surface area contributed by atoms with E-state index in [9.17, 15) is 19.2 Å². The van der Waals surface area contributed by atoms with E-state index in [-0.39, 0.29) is 33.9 Å². The number of carbonyl (C=O) groups is 2. The van der Waals surface area contributed by atoms with Gasteiger partial charge in [-0.1, -0.05) is 12.1 Å². The highest BCUT2D eigenvalue weighted by atomic mass is 19.1. The Kier molecular flexibility index (Phi) is 4.73. The standard InChI is InChI=1S/C20H14FN3O3/c1-27-20(26)18-17(23)13(10-22)11-24(18)16-5-3-2-4-15(16)19(25)12-6-8-14(21)9-7-12/h2-9,11H,23H2,1H3. The number of hydrogen-bond acceptors (Lipinski definition) is 5. The molecule has 134 valence electrons. The van der Waals surface area contributed by atoms with Crippen LogP contribution in [0.4, 0.5) is 10.1 Å². The first-order valence-electron chi connectivity index (χ1n) is 7.86. The summed E-state index contributed by atoms with van der Waals surface area (Å²) in [6.45, 7) is 0. The first kappa shape index (κ1) is 17.9. The number of ether oxygens (including phenoxy) is 1. The highest BCUT2D eigenvalue weighted by Gasteiger charge is 2.24. The molecule has 1 aromatic heterocycles. The Labute approximate surface area is 154 Å². The summed E-state index contributed by atoms with van der Waals surface area (Å²) in [6, 6.07) is 13.6. The van der Waals surface area contributed by atoms with Crippen LogP contribution in [0.25, 0.3) is 5.69 Å². The summed E-state index contributed by atoms with van der Waals surface area (Å²) < 4.78 is 19.3. The number of esters is 1. The molecule has 0 amide bonds. The van der Waals surface area contributed by atoms with Gasteiger partial charge in [-0.25, -0.2) is 9.18 Å². The van der Waals surface area contributed by atoms with E-state index in [1.54, 1.807) is 24.3 Å². The molecular formula is C20H14FN3O3. The van der Waals surface area contributed by atoms with Gasteiger partial charge in [0.1, 0.15) is 11.9 Å². The van der Waals surface area contributed by atoms with Gasteiger partial charge in [0.05, 0.1) is 24.0 Å². The molecule has 0 aliphatic heterocycles. The van der Waals surface area contributed by atoms with Crippen LogP contribution < -0.4 is 5.73 Å². The third kappa shape index (κ3) is 3.16. The second-order valence-corrected chi connectivity index (χ2v) is 5.63. The van der Waals surface area contributed by atoms with Crippen molar-refractivity contribution in [2.45, 2.75) is 0 Å². The molecule has 1 heterocycles. The van der Waals surface area contributed by atoms with Crippen molar-refractivity contribution >= 4 is 17.4 Å². The zero-order chi connectivity index (χ0) is 19.6. The molecule has 0 bridgehead atoms. The molecule has 27 heavy (non-hydrogen) atoms. The lowest BCUT2D eigenvalue weighted by molar-refractivity contribution is 0.0592. The predicted molar refractivity (Wildman–Crippen MR) is 96.1 cm³/mol. The summed E-state index contributed by atoms with van der Waals surface area (Å²) in [5, 5.41) is 9.24. The Bertz CT molecular complexity index is 1080. The van der Waals surface area contributed by atoms with E-state index in [1.807, 2.05) is 6.07 Å². The molecule has 0 fully saturated rings. The number of hydrogen-bond donors (Lipinski definition) is 1.